The first-order valence-electron chi connectivity index (χ1n) is 6.09. The minimum atomic E-state index is -0.587. The summed E-state index contributed by atoms with van der Waals surface area (Å²) >= 11 is 0. The van der Waals surface area contributed by atoms with E-state index in [1.807, 2.05) is 6.92 Å². The molecule has 110 valence electrons. The highest BCUT2D eigenvalue weighted by Gasteiger charge is 2.17. The van der Waals surface area contributed by atoms with E-state index in [-0.39, 0.29) is 17.2 Å². The van der Waals surface area contributed by atoms with Gasteiger partial charge in [-0.15, -0.1) is 0 Å². The molecule has 8 heteroatoms. The van der Waals surface area contributed by atoms with Crippen LogP contribution in [0.3, 0.4) is 0 Å². The Morgan fingerprint density at radius 1 is 1.60 bits per heavy atom. The minimum absolute atomic E-state index is 0.145. The van der Waals surface area contributed by atoms with Crippen molar-refractivity contribution in [3.63, 3.8) is 0 Å². The Bertz CT molecular complexity index is 492. The van der Waals surface area contributed by atoms with Crippen molar-refractivity contribution in [1.29, 1.82) is 0 Å². The number of carbonyl (C=O) groups excluding carboxylic acids is 1. The molecule has 0 aliphatic heterocycles. The van der Waals surface area contributed by atoms with Gasteiger partial charge in [0.2, 0.25) is 0 Å². The van der Waals surface area contributed by atoms with Gasteiger partial charge in [-0.25, -0.2) is 4.98 Å². The highest BCUT2D eigenvalue weighted by Crippen LogP contribution is 2.18. The maximum atomic E-state index is 12.1. The summed E-state index contributed by atoms with van der Waals surface area (Å²) in [4.78, 5) is 26.1. The van der Waals surface area contributed by atoms with E-state index in [1.165, 1.54) is 6.07 Å². The zero-order valence-electron chi connectivity index (χ0n) is 11.7. The van der Waals surface area contributed by atoms with Crippen LogP contribution in [0.1, 0.15) is 17.3 Å². The van der Waals surface area contributed by atoms with Crippen LogP contribution in [0.2, 0.25) is 0 Å². The lowest BCUT2D eigenvalue weighted by Gasteiger charge is -2.12. The van der Waals surface area contributed by atoms with Gasteiger partial charge in [-0.1, -0.05) is 6.92 Å². The van der Waals surface area contributed by atoms with Gasteiger partial charge in [-0.3, -0.25) is 14.9 Å². The molecule has 0 spiro atoms. The summed E-state index contributed by atoms with van der Waals surface area (Å²) in [7, 11) is 3.18. The molecule has 1 amide bonds. The summed E-state index contributed by atoms with van der Waals surface area (Å²) in [5.41, 5.74) is -0.0783. The predicted octanol–water partition coefficient (Wildman–Crippen LogP) is 1.04. The number of anilines is 1. The summed E-state index contributed by atoms with van der Waals surface area (Å²) < 4.78 is 4.97. The first kappa shape index (κ1) is 15.8. The molecule has 1 unspecified atom stereocenters. The standard InChI is InChI=1S/C12H18N4O4/c1-8(7-20-3)5-15-12(17)10-4-9(16(18)19)6-14-11(10)13-2/h4,6,8H,5,7H2,1-3H3,(H,13,14)(H,15,17). The van der Waals surface area contributed by atoms with Crippen LogP contribution in [0.15, 0.2) is 12.3 Å². The van der Waals surface area contributed by atoms with Gasteiger partial charge in [-0.2, -0.15) is 0 Å². The number of nitro groups is 1. The number of hydrogen-bond donors (Lipinski definition) is 2. The first-order valence-corrected chi connectivity index (χ1v) is 6.09. The number of carbonyl (C=O) groups is 1. The third-order valence-corrected chi connectivity index (χ3v) is 2.63. The van der Waals surface area contributed by atoms with Crippen molar-refractivity contribution in [2.24, 2.45) is 5.92 Å². The van der Waals surface area contributed by atoms with Crippen molar-refractivity contribution >= 4 is 17.4 Å². The lowest BCUT2D eigenvalue weighted by molar-refractivity contribution is -0.385. The number of hydrogen-bond acceptors (Lipinski definition) is 6. The Morgan fingerprint density at radius 3 is 2.85 bits per heavy atom. The summed E-state index contributed by atoms with van der Waals surface area (Å²) in [5.74, 6) is 0.0367. The lowest BCUT2D eigenvalue weighted by Crippen LogP contribution is -2.30. The van der Waals surface area contributed by atoms with Gasteiger partial charge < -0.3 is 15.4 Å². The number of rotatable bonds is 7. The van der Waals surface area contributed by atoms with Crippen LogP contribution < -0.4 is 10.6 Å². The van der Waals surface area contributed by atoms with Gasteiger partial charge in [0, 0.05) is 26.8 Å². The molecule has 0 bridgehead atoms. The van der Waals surface area contributed by atoms with Crippen LogP contribution in [-0.2, 0) is 4.74 Å². The van der Waals surface area contributed by atoms with Crippen molar-refractivity contribution in [2.75, 3.05) is 32.6 Å². The van der Waals surface area contributed by atoms with Crippen LogP contribution >= 0.6 is 0 Å². The second-order valence-electron chi connectivity index (χ2n) is 4.37. The summed E-state index contributed by atoms with van der Waals surface area (Å²) in [6, 6.07) is 1.20. The second-order valence-corrected chi connectivity index (χ2v) is 4.37. The van der Waals surface area contributed by atoms with Crippen LogP contribution in [0.5, 0.6) is 0 Å². The topological polar surface area (TPSA) is 106 Å². The Hall–Kier alpha value is -2.22. The van der Waals surface area contributed by atoms with Gasteiger partial charge in [-0.05, 0) is 5.92 Å². The quantitative estimate of drug-likeness (QED) is 0.571. The monoisotopic (exact) mass is 282 g/mol. The highest BCUT2D eigenvalue weighted by molar-refractivity contribution is 5.99. The van der Waals surface area contributed by atoms with Crippen molar-refractivity contribution in [2.45, 2.75) is 6.92 Å². The first-order chi connectivity index (χ1) is 9.49. The lowest BCUT2D eigenvalue weighted by atomic mass is 10.2. The predicted molar refractivity (Wildman–Crippen MR) is 73.8 cm³/mol. The van der Waals surface area contributed by atoms with E-state index in [0.29, 0.717) is 19.0 Å². The molecule has 0 aromatic carbocycles. The molecule has 1 aromatic rings. The molecule has 0 saturated heterocycles. The van der Waals surface area contributed by atoms with E-state index >= 15 is 0 Å². The van der Waals surface area contributed by atoms with Gasteiger partial charge in [0.1, 0.15) is 12.0 Å². The van der Waals surface area contributed by atoms with E-state index in [1.54, 1.807) is 14.2 Å². The van der Waals surface area contributed by atoms with E-state index < -0.39 is 10.8 Å². The molecule has 1 atom stereocenters. The average Bonchev–Trinajstić information content (AvgIpc) is 2.44. The van der Waals surface area contributed by atoms with E-state index in [0.717, 1.165) is 6.20 Å². The average molecular weight is 282 g/mol. The summed E-state index contributed by atoms with van der Waals surface area (Å²) in [6.07, 6.45) is 1.11. The molecule has 0 aliphatic rings. The van der Waals surface area contributed by atoms with E-state index in [9.17, 15) is 14.9 Å². The van der Waals surface area contributed by atoms with Gasteiger partial charge in [0.05, 0.1) is 17.1 Å². The van der Waals surface area contributed by atoms with Crippen LogP contribution in [0, 0.1) is 16.0 Å². The fourth-order valence-corrected chi connectivity index (χ4v) is 1.63. The zero-order chi connectivity index (χ0) is 15.1. The molecule has 0 fully saturated rings. The Labute approximate surface area is 116 Å². The SMILES string of the molecule is CNc1ncc([N+](=O)[O-])cc1C(=O)NCC(C)COC. The molecule has 2 N–H and O–H groups in total. The molecule has 20 heavy (non-hydrogen) atoms. The number of aromatic nitrogens is 1. The van der Waals surface area contributed by atoms with Gasteiger partial charge in [0.25, 0.3) is 11.6 Å². The Balaban J connectivity index is 2.84. The number of methoxy groups -OCH3 is 1. The number of nitrogens with zero attached hydrogens (tertiary/aromatic N) is 2. The molecule has 1 rings (SSSR count). The molecular weight excluding hydrogens is 264 g/mol. The van der Waals surface area contributed by atoms with Crippen molar-refractivity contribution < 1.29 is 14.5 Å². The van der Waals surface area contributed by atoms with Crippen molar-refractivity contribution in [1.82, 2.24) is 10.3 Å². The maximum Gasteiger partial charge on any atom is 0.288 e. The second kappa shape index (κ2) is 7.39. The zero-order valence-corrected chi connectivity index (χ0v) is 11.7. The number of nitrogens with one attached hydrogen (secondary N) is 2. The normalized spacial score (nSPS) is 11.8. The van der Waals surface area contributed by atoms with Gasteiger partial charge in [0.15, 0.2) is 0 Å². The number of amides is 1. The largest absolute Gasteiger partial charge is 0.384 e. The van der Waals surface area contributed by atoms with Gasteiger partial charge >= 0.3 is 0 Å². The molecule has 1 aromatic heterocycles. The fraction of sp³-hybridized carbons (Fsp3) is 0.500. The van der Waals surface area contributed by atoms with Crippen LogP contribution in [0.4, 0.5) is 11.5 Å². The third-order valence-electron chi connectivity index (χ3n) is 2.63. The maximum absolute atomic E-state index is 12.1. The Morgan fingerprint density at radius 2 is 2.30 bits per heavy atom. The molecule has 0 radical (unpaired) electrons. The van der Waals surface area contributed by atoms with Crippen molar-refractivity contribution in [3.8, 4) is 0 Å². The molecular formula is C12H18N4O4. The molecule has 8 nitrogen and oxygen atoms in total. The van der Waals surface area contributed by atoms with Crippen LogP contribution in [-0.4, -0.2) is 43.1 Å². The highest BCUT2D eigenvalue weighted by atomic mass is 16.6. The minimum Gasteiger partial charge on any atom is -0.384 e. The Kier molecular flexibility index (Phi) is 5.85. The molecule has 0 saturated carbocycles. The van der Waals surface area contributed by atoms with E-state index in [2.05, 4.69) is 15.6 Å². The summed E-state index contributed by atoms with van der Waals surface area (Å²) in [6.45, 7) is 2.86. The molecule has 0 aliphatic carbocycles. The molecule has 1 heterocycles. The van der Waals surface area contributed by atoms with E-state index in [4.69, 9.17) is 4.74 Å². The number of ether oxygens (including phenoxy) is 1. The smallest absolute Gasteiger partial charge is 0.288 e. The van der Waals surface area contributed by atoms with Crippen LogP contribution in [0.25, 0.3) is 0 Å². The third kappa shape index (κ3) is 4.16. The van der Waals surface area contributed by atoms with Crippen molar-refractivity contribution in [3.05, 3.63) is 27.9 Å². The number of pyridine rings is 1. The fourth-order valence-electron chi connectivity index (χ4n) is 1.63. The summed E-state index contributed by atoms with van der Waals surface area (Å²) in [5, 5.41) is 16.2.